The molecule has 0 spiro atoms. The molecule has 0 saturated carbocycles. The maximum atomic E-state index is 4.41. The first kappa shape index (κ1) is 13.2. The fourth-order valence-electron chi connectivity index (χ4n) is 1.52. The highest BCUT2D eigenvalue weighted by Crippen LogP contribution is 2.19. The summed E-state index contributed by atoms with van der Waals surface area (Å²) in [5, 5.41) is 3.31. The van der Waals surface area contributed by atoms with Crippen molar-refractivity contribution in [1.29, 1.82) is 0 Å². The molecule has 0 saturated heterocycles. The van der Waals surface area contributed by atoms with Crippen LogP contribution in [0.4, 0.5) is 0 Å². The standard InChI is InChI=1S/C13H25N3/c1-5-14-8-6-12-10-16(11-15-12)9-7-13(2,3)4/h10-11,14H,5-9H2,1-4H3. The van der Waals surface area contributed by atoms with Gasteiger partial charge in [-0.2, -0.15) is 0 Å². The molecule has 1 N–H and O–H groups in total. The third kappa shape index (κ3) is 5.31. The van der Waals surface area contributed by atoms with E-state index in [4.69, 9.17) is 0 Å². The molecule has 0 aliphatic rings. The first-order chi connectivity index (χ1) is 7.51. The van der Waals surface area contributed by atoms with Gasteiger partial charge in [0.2, 0.25) is 0 Å². The second-order valence-corrected chi connectivity index (χ2v) is 5.52. The normalized spacial score (nSPS) is 12.0. The molecule has 0 fully saturated rings. The Hall–Kier alpha value is -0.830. The van der Waals surface area contributed by atoms with E-state index in [9.17, 15) is 0 Å². The van der Waals surface area contributed by atoms with Crippen molar-refractivity contribution in [3.8, 4) is 0 Å². The van der Waals surface area contributed by atoms with Gasteiger partial charge < -0.3 is 9.88 Å². The summed E-state index contributed by atoms with van der Waals surface area (Å²) in [7, 11) is 0. The van der Waals surface area contributed by atoms with Crippen molar-refractivity contribution >= 4 is 0 Å². The molecular weight excluding hydrogens is 198 g/mol. The summed E-state index contributed by atoms with van der Waals surface area (Å²) < 4.78 is 2.20. The van der Waals surface area contributed by atoms with Crippen LogP contribution < -0.4 is 5.32 Å². The van der Waals surface area contributed by atoms with Gasteiger partial charge in [-0.25, -0.2) is 4.98 Å². The molecule has 0 aliphatic heterocycles. The minimum absolute atomic E-state index is 0.397. The van der Waals surface area contributed by atoms with Crippen LogP contribution in [0.25, 0.3) is 0 Å². The van der Waals surface area contributed by atoms with E-state index in [0.717, 1.165) is 26.1 Å². The van der Waals surface area contributed by atoms with Crippen molar-refractivity contribution in [3.05, 3.63) is 18.2 Å². The molecular formula is C13H25N3. The molecule has 3 heteroatoms. The van der Waals surface area contributed by atoms with Gasteiger partial charge in [0.15, 0.2) is 0 Å². The Labute approximate surface area is 99.3 Å². The van der Waals surface area contributed by atoms with Gasteiger partial charge >= 0.3 is 0 Å². The van der Waals surface area contributed by atoms with E-state index in [1.165, 1.54) is 12.1 Å². The quantitative estimate of drug-likeness (QED) is 0.751. The van der Waals surface area contributed by atoms with Crippen LogP contribution in [0.3, 0.4) is 0 Å². The van der Waals surface area contributed by atoms with E-state index in [1.54, 1.807) is 0 Å². The van der Waals surface area contributed by atoms with Crippen LogP contribution in [0.2, 0.25) is 0 Å². The van der Waals surface area contributed by atoms with Gasteiger partial charge in [-0.15, -0.1) is 0 Å². The smallest absolute Gasteiger partial charge is 0.0949 e. The summed E-state index contributed by atoms with van der Waals surface area (Å²) >= 11 is 0. The molecule has 0 aromatic carbocycles. The minimum Gasteiger partial charge on any atom is -0.337 e. The van der Waals surface area contributed by atoms with Crippen LogP contribution in [-0.4, -0.2) is 22.6 Å². The summed E-state index contributed by atoms with van der Waals surface area (Å²) in [6.45, 7) is 12.1. The fraction of sp³-hybridized carbons (Fsp3) is 0.769. The molecule has 0 radical (unpaired) electrons. The number of aromatic nitrogens is 2. The van der Waals surface area contributed by atoms with E-state index in [2.05, 4.69) is 48.8 Å². The van der Waals surface area contributed by atoms with Crippen molar-refractivity contribution in [1.82, 2.24) is 14.9 Å². The van der Waals surface area contributed by atoms with Crippen molar-refractivity contribution in [2.24, 2.45) is 5.41 Å². The third-order valence-corrected chi connectivity index (χ3v) is 2.61. The fourth-order valence-corrected chi connectivity index (χ4v) is 1.52. The van der Waals surface area contributed by atoms with Gasteiger partial charge in [0.1, 0.15) is 0 Å². The van der Waals surface area contributed by atoms with Gasteiger partial charge in [0.25, 0.3) is 0 Å². The molecule has 0 atom stereocenters. The third-order valence-electron chi connectivity index (χ3n) is 2.61. The summed E-state index contributed by atoms with van der Waals surface area (Å²) in [4.78, 5) is 4.41. The topological polar surface area (TPSA) is 29.9 Å². The Bertz CT molecular complexity index is 296. The highest BCUT2D eigenvalue weighted by atomic mass is 15.0. The highest BCUT2D eigenvalue weighted by molar-refractivity contribution is 4.97. The van der Waals surface area contributed by atoms with E-state index in [-0.39, 0.29) is 0 Å². The van der Waals surface area contributed by atoms with Gasteiger partial charge in [0.05, 0.1) is 12.0 Å². The summed E-state index contributed by atoms with van der Waals surface area (Å²) in [5.41, 5.74) is 1.59. The number of likely N-dealkylation sites (N-methyl/N-ethyl adjacent to an activating group) is 1. The first-order valence-electron chi connectivity index (χ1n) is 6.22. The largest absolute Gasteiger partial charge is 0.337 e. The van der Waals surface area contributed by atoms with E-state index < -0.39 is 0 Å². The van der Waals surface area contributed by atoms with Crippen molar-refractivity contribution in [3.63, 3.8) is 0 Å². The molecule has 1 aromatic heterocycles. The molecule has 0 unspecified atom stereocenters. The zero-order valence-electron chi connectivity index (χ0n) is 11.1. The van der Waals surface area contributed by atoms with Gasteiger partial charge in [-0.3, -0.25) is 0 Å². The van der Waals surface area contributed by atoms with Gasteiger partial charge in [-0.1, -0.05) is 27.7 Å². The highest BCUT2D eigenvalue weighted by Gasteiger charge is 2.09. The van der Waals surface area contributed by atoms with Gasteiger partial charge in [-0.05, 0) is 18.4 Å². The molecule has 3 nitrogen and oxygen atoms in total. The summed E-state index contributed by atoms with van der Waals surface area (Å²) in [5.74, 6) is 0. The SMILES string of the molecule is CCNCCc1cn(CCC(C)(C)C)cn1. The lowest BCUT2D eigenvalue weighted by atomic mass is 9.92. The lowest BCUT2D eigenvalue weighted by molar-refractivity contribution is 0.350. The lowest BCUT2D eigenvalue weighted by Crippen LogP contribution is -2.16. The monoisotopic (exact) mass is 223 g/mol. The van der Waals surface area contributed by atoms with Crippen LogP contribution >= 0.6 is 0 Å². The summed E-state index contributed by atoms with van der Waals surface area (Å²) in [6.07, 6.45) is 6.34. The Kier molecular flexibility index (Phi) is 5.00. The molecule has 1 rings (SSSR count). The zero-order valence-corrected chi connectivity index (χ0v) is 11.1. The average Bonchev–Trinajstić information content (AvgIpc) is 2.62. The Morgan fingerprint density at radius 1 is 1.38 bits per heavy atom. The summed E-state index contributed by atoms with van der Waals surface area (Å²) in [6, 6.07) is 0. The molecule has 1 aromatic rings. The van der Waals surface area contributed by atoms with E-state index in [0.29, 0.717) is 5.41 Å². The lowest BCUT2D eigenvalue weighted by Gasteiger charge is -2.17. The molecule has 92 valence electrons. The van der Waals surface area contributed by atoms with Gasteiger partial charge in [0, 0.05) is 25.7 Å². The molecule has 16 heavy (non-hydrogen) atoms. The predicted octanol–water partition coefficient (Wildman–Crippen LogP) is 2.47. The number of hydrogen-bond acceptors (Lipinski definition) is 2. The number of rotatable bonds is 6. The van der Waals surface area contributed by atoms with Crippen molar-refractivity contribution < 1.29 is 0 Å². The van der Waals surface area contributed by atoms with Crippen LogP contribution in [0, 0.1) is 5.41 Å². The van der Waals surface area contributed by atoms with Crippen LogP contribution in [0.15, 0.2) is 12.5 Å². The van der Waals surface area contributed by atoms with Crippen LogP contribution in [-0.2, 0) is 13.0 Å². The maximum absolute atomic E-state index is 4.41. The molecule has 1 heterocycles. The second-order valence-electron chi connectivity index (χ2n) is 5.52. The Morgan fingerprint density at radius 2 is 2.12 bits per heavy atom. The van der Waals surface area contributed by atoms with Crippen molar-refractivity contribution in [2.45, 2.75) is 47.1 Å². The van der Waals surface area contributed by atoms with Crippen molar-refractivity contribution in [2.75, 3.05) is 13.1 Å². The zero-order chi connectivity index (χ0) is 12.0. The van der Waals surface area contributed by atoms with Crippen LogP contribution in [0.1, 0.15) is 39.8 Å². The van der Waals surface area contributed by atoms with Crippen LogP contribution in [0.5, 0.6) is 0 Å². The average molecular weight is 223 g/mol. The maximum Gasteiger partial charge on any atom is 0.0949 e. The van der Waals surface area contributed by atoms with E-state index in [1.807, 2.05) is 6.33 Å². The molecule has 0 amide bonds. The van der Waals surface area contributed by atoms with E-state index >= 15 is 0 Å². The second kappa shape index (κ2) is 6.04. The Balaban J connectivity index is 2.33. The number of nitrogens with one attached hydrogen (secondary N) is 1. The number of aryl methyl sites for hydroxylation is 1. The number of hydrogen-bond donors (Lipinski definition) is 1. The molecule has 0 aliphatic carbocycles. The number of nitrogens with zero attached hydrogens (tertiary/aromatic N) is 2. The first-order valence-corrected chi connectivity index (χ1v) is 6.22. The molecule has 0 bridgehead atoms. The Morgan fingerprint density at radius 3 is 2.75 bits per heavy atom. The minimum atomic E-state index is 0.397. The predicted molar refractivity (Wildman–Crippen MR) is 68.5 cm³/mol. The number of imidazole rings is 1.